The summed E-state index contributed by atoms with van der Waals surface area (Å²) in [5.41, 5.74) is 6.75. The first-order valence-electron chi connectivity index (χ1n) is 7.42. The summed E-state index contributed by atoms with van der Waals surface area (Å²) in [6.07, 6.45) is 3.67. The normalized spacial score (nSPS) is 26.2. The number of hydrogen-bond acceptors (Lipinski definition) is 4. The first-order chi connectivity index (χ1) is 10.2. The molecule has 2 heterocycles. The minimum Gasteiger partial charge on any atom is -0.409 e. The van der Waals surface area contributed by atoms with Gasteiger partial charge in [-0.15, -0.1) is 0 Å². The molecule has 4 N–H and O–H groups in total. The summed E-state index contributed by atoms with van der Waals surface area (Å²) < 4.78 is 13.6. The Morgan fingerprint density at radius 2 is 2.24 bits per heavy atom. The van der Waals surface area contributed by atoms with Gasteiger partial charge in [-0.3, -0.25) is 4.90 Å². The van der Waals surface area contributed by atoms with E-state index in [2.05, 4.69) is 15.4 Å². The third kappa shape index (κ3) is 3.01. The fraction of sp³-hybridized carbons (Fsp3) is 0.533. The van der Waals surface area contributed by atoms with Crippen molar-refractivity contribution in [2.45, 2.75) is 37.9 Å². The standard InChI is InChI=1S/C15H21FN4O/c16-12-7-10(6-11(8-12)15(17)19-21)9-18-13-3-5-20-4-1-2-14(13)20/h6-8,13-14,18,21H,1-5,9H2,(H2,17,19). The summed E-state index contributed by atoms with van der Waals surface area (Å²) in [5.74, 6) is -0.441. The lowest BCUT2D eigenvalue weighted by atomic mass is 10.1. The van der Waals surface area contributed by atoms with Gasteiger partial charge in [-0.25, -0.2) is 4.39 Å². The lowest BCUT2D eigenvalue weighted by Crippen LogP contribution is -2.38. The van der Waals surface area contributed by atoms with Crippen LogP contribution in [0.1, 0.15) is 30.4 Å². The zero-order valence-corrected chi connectivity index (χ0v) is 11.9. The highest BCUT2D eigenvalue weighted by Crippen LogP contribution is 2.28. The Bertz CT molecular complexity index is 548. The van der Waals surface area contributed by atoms with Crippen molar-refractivity contribution in [1.82, 2.24) is 10.2 Å². The Morgan fingerprint density at radius 3 is 3.05 bits per heavy atom. The summed E-state index contributed by atoms with van der Waals surface area (Å²) in [5, 5.41) is 15.1. The average Bonchev–Trinajstić information content (AvgIpc) is 3.07. The first-order valence-corrected chi connectivity index (χ1v) is 7.42. The lowest BCUT2D eigenvalue weighted by molar-refractivity contribution is 0.298. The maximum absolute atomic E-state index is 13.6. The van der Waals surface area contributed by atoms with Gasteiger partial charge in [-0.2, -0.15) is 0 Å². The van der Waals surface area contributed by atoms with Gasteiger partial charge in [0, 0.05) is 30.7 Å². The summed E-state index contributed by atoms with van der Waals surface area (Å²) in [4.78, 5) is 2.53. The molecule has 2 aliphatic heterocycles. The maximum Gasteiger partial charge on any atom is 0.170 e. The molecule has 0 amide bonds. The summed E-state index contributed by atoms with van der Waals surface area (Å²) in [7, 11) is 0. The number of nitrogens with two attached hydrogens (primary N) is 1. The quantitative estimate of drug-likeness (QED) is 0.338. The van der Waals surface area contributed by atoms with Crippen molar-refractivity contribution in [3.05, 3.63) is 35.1 Å². The predicted molar refractivity (Wildman–Crippen MR) is 78.8 cm³/mol. The summed E-state index contributed by atoms with van der Waals surface area (Å²) in [6, 6.07) is 5.62. The number of hydrogen-bond donors (Lipinski definition) is 3. The number of nitrogens with one attached hydrogen (secondary N) is 1. The van der Waals surface area contributed by atoms with Gasteiger partial charge in [0.05, 0.1) is 0 Å². The van der Waals surface area contributed by atoms with Gasteiger partial charge in [0.1, 0.15) is 5.82 Å². The van der Waals surface area contributed by atoms with E-state index in [-0.39, 0.29) is 11.7 Å². The molecule has 21 heavy (non-hydrogen) atoms. The number of amidine groups is 1. The van der Waals surface area contributed by atoms with Crippen molar-refractivity contribution in [3.8, 4) is 0 Å². The van der Waals surface area contributed by atoms with E-state index < -0.39 is 0 Å². The summed E-state index contributed by atoms with van der Waals surface area (Å²) in [6.45, 7) is 2.95. The SMILES string of the molecule is N/C(=N/O)c1cc(F)cc(CNC2CCN3CCCC23)c1. The molecule has 0 spiro atoms. The molecule has 2 atom stereocenters. The number of nitrogens with zero attached hydrogens (tertiary/aromatic N) is 2. The van der Waals surface area contributed by atoms with Crippen LogP contribution in [0, 0.1) is 5.82 Å². The molecule has 0 aliphatic carbocycles. The topological polar surface area (TPSA) is 73.9 Å². The largest absolute Gasteiger partial charge is 0.409 e. The van der Waals surface area contributed by atoms with Crippen molar-refractivity contribution in [3.63, 3.8) is 0 Å². The van der Waals surface area contributed by atoms with Crippen LogP contribution in [0.15, 0.2) is 23.4 Å². The number of fused-ring (bicyclic) bond motifs is 1. The van der Waals surface area contributed by atoms with Crippen LogP contribution >= 0.6 is 0 Å². The maximum atomic E-state index is 13.6. The molecule has 0 bridgehead atoms. The van der Waals surface area contributed by atoms with Gasteiger partial charge in [-0.05, 0) is 49.6 Å². The highest BCUT2D eigenvalue weighted by atomic mass is 19.1. The third-order valence-electron chi connectivity index (χ3n) is 4.54. The molecule has 0 saturated carbocycles. The first kappa shape index (κ1) is 14.3. The van der Waals surface area contributed by atoms with Gasteiger partial charge in [0.25, 0.3) is 0 Å². The predicted octanol–water partition coefficient (Wildman–Crippen LogP) is 1.25. The van der Waals surface area contributed by atoms with Crippen LogP contribution in [-0.2, 0) is 6.54 Å². The van der Waals surface area contributed by atoms with Crippen LogP contribution in [0.3, 0.4) is 0 Å². The Balaban J connectivity index is 1.66. The van der Waals surface area contributed by atoms with E-state index in [9.17, 15) is 4.39 Å². The molecule has 1 aromatic rings. The van der Waals surface area contributed by atoms with E-state index in [1.807, 2.05) is 0 Å². The molecule has 2 unspecified atom stereocenters. The monoisotopic (exact) mass is 292 g/mol. The molecular formula is C15H21FN4O. The fourth-order valence-electron chi connectivity index (χ4n) is 3.53. The number of rotatable bonds is 4. The van der Waals surface area contributed by atoms with Crippen LogP contribution in [0.2, 0.25) is 0 Å². The fourth-order valence-corrected chi connectivity index (χ4v) is 3.53. The Labute approximate surface area is 123 Å². The number of halogens is 1. The molecule has 2 fully saturated rings. The molecule has 5 nitrogen and oxygen atoms in total. The van der Waals surface area contributed by atoms with Gasteiger partial charge in [-0.1, -0.05) is 5.16 Å². The second-order valence-electron chi connectivity index (χ2n) is 5.86. The average molecular weight is 292 g/mol. The second-order valence-corrected chi connectivity index (χ2v) is 5.86. The Morgan fingerprint density at radius 1 is 1.38 bits per heavy atom. The highest BCUT2D eigenvalue weighted by Gasteiger charge is 2.36. The van der Waals surface area contributed by atoms with Crippen molar-refractivity contribution in [2.75, 3.05) is 13.1 Å². The third-order valence-corrected chi connectivity index (χ3v) is 4.54. The minimum absolute atomic E-state index is 0.0708. The van der Waals surface area contributed by atoms with Crippen LogP contribution in [0.4, 0.5) is 4.39 Å². The summed E-state index contributed by atoms with van der Waals surface area (Å²) >= 11 is 0. The van der Waals surface area contributed by atoms with Gasteiger partial charge in [0.15, 0.2) is 5.84 Å². The molecule has 2 aliphatic rings. The number of benzene rings is 1. The van der Waals surface area contributed by atoms with Crippen molar-refractivity contribution < 1.29 is 9.60 Å². The molecule has 1 aromatic carbocycles. The van der Waals surface area contributed by atoms with Crippen LogP contribution in [0.5, 0.6) is 0 Å². The Kier molecular flexibility index (Phi) is 4.07. The zero-order valence-electron chi connectivity index (χ0n) is 11.9. The van der Waals surface area contributed by atoms with Gasteiger partial charge >= 0.3 is 0 Å². The van der Waals surface area contributed by atoms with Crippen molar-refractivity contribution in [1.29, 1.82) is 0 Å². The molecular weight excluding hydrogens is 271 g/mol. The molecule has 0 radical (unpaired) electrons. The number of oxime groups is 1. The van der Waals surface area contributed by atoms with E-state index in [1.54, 1.807) is 6.07 Å². The lowest BCUT2D eigenvalue weighted by Gasteiger charge is -2.21. The Hall–Kier alpha value is -1.66. The smallest absolute Gasteiger partial charge is 0.170 e. The molecule has 0 aromatic heterocycles. The zero-order chi connectivity index (χ0) is 14.8. The van der Waals surface area contributed by atoms with Crippen LogP contribution in [-0.4, -0.2) is 41.1 Å². The van der Waals surface area contributed by atoms with Crippen molar-refractivity contribution >= 4 is 5.84 Å². The van der Waals surface area contributed by atoms with E-state index in [4.69, 9.17) is 10.9 Å². The van der Waals surface area contributed by atoms with Crippen LogP contribution in [0.25, 0.3) is 0 Å². The van der Waals surface area contributed by atoms with E-state index in [0.29, 0.717) is 24.2 Å². The molecule has 2 saturated heterocycles. The molecule has 6 heteroatoms. The highest BCUT2D eigenvalue weighted by molar-refractivity contribution is 5.97. The van der Waals surface area contributed by atoms with Gasteiger partial charge < -0.3 is 16.3 Å². The van der Waals surface area contributed by atoms with Crippen LogP contribution < -0.4 is 11.1 Å². The van der Waals surface area contributed by atoms with E-state index in [0.717, 1.165) is 18.5 Å². The second kappa shape index (κ2) is 5.99. The molecule has 3 rings (SSSR count). The minimum atomic E-state index is -0.371. The molecule has 114 valence electrons. The van der Waals surface area contributed by atoms with Crippen molar-refractivity contribution in [2.24, 2.45) is 10.9 Å². The van der Waals surface area contributed by atoms with E-state index in [1.165, 1.54) is 31.5 Å². The van der Waals surface area contributed by atoms with Gasteiger partial charge in [0.2, 0.25) is 0 Å². The van der Waals surface area contributed by atoms with E-state index >= 15 is 0 Å².